The predicted molar refractivity (Wildman–Crippen MR) is 60.4 cm³/mol. The Kier molecular flexibility index (Phi) is 3.16. The lowest BCUT2D eigenvalue weighted by Crippen LogP contribution is -1.81. The average Bonchev–Trinajstić information content (AvgIpc) is 2.17. The first-order valence-electron chi connectivity index (χ1n) is 3.85. The van der Waals surface area contributed by atoms with Crippen molar-refractivity contribution in [1.29, 1.82) is 0 Å². The van der Waals surface area contributed by atoms with Gasteiger partial charge in [-0.2, -0.15) is 9.90 Å². The molecular weight excluding hydrogens is 179 g/mol. The quantitative estimate of drug-likeness (QED) is 0.499. The molecule has 2 aromatic rings. The van der Waals surface area contributed by atoms with Crippen molar-refractivity contribution in [2.24, 2.45) is 0 Å². The molecule has 0 aromatic heterocycles. The van der Waals surface area contributed by atoms with Crippen LogP contribution in [0, 0.1) is 0 Å². The number of rotatable bonds is 1. The molecule has 2 rings (SSSR count). The summed E-state index contributed by atoms with van der Waals surface area (Å²) in [5.74, 6) is 0. The molecule has 66 valence electrons. The van der Waals surface area contributed by atoms with Crippen molar-refractivity contribution in [1.82, 2.24) is 0 Å². The van der Waals surface area contributed by atoms with E-state index in [1.54, 1.807) is 0 Å². The van der Waals surface area contributed by atoms with Gasteiger partial charge < -0.3 is 0 Å². The van der Waals surface area contributed by atoms with Gasteiger partial charge in [0.2, 0.25) is 0 Å². The zero-order chi connectivity index (χ0) is 8.39. The summed E-state index contributed by atoms with van der Waals surface area (Å²) in [6, 6.07) is 13.6. The van der Waals surface area contributed by atoms with Crippen LogP contribution in [0.4, 0.5) is 0 Å². The van der Waals surface area contributed by atoms with Gasteiger partial charge in [0, 0.05) is 5.56 Å². The largest absolute Gasteiger partial charge is 0.298 e. The fourth-order valence-corrected chi connectivity index (χ4v) is 1.35. The molecule has 0 N–H and O–H groups in total. The summed E-state index contributed by atoms with van der Waals surface area (Å²) in [5.41, 5.74) is 0.758. The topological polar surface area (TPSA) is 17.1 Å². The van der Waals surface area contributed by atoms with Gasteiger partial charge in [-0.15, -0.1) is 0 Å². The Morgan fingerprint density at radius 3 is 2.38 bits per heavy atom. The second kappa shape index (κ2) is 4.15. The van der Waals surface area contributed by atoms with Crippen LogP contribution in [0.5, 0.6) is 0 Å². The molecule has 0 spiro atoms. The lowest BCUT2D eigenvalue weighted by Gasteiger charge is -1.98. The number of carbonyl (C=O) groups is 1. The van der Waals surface area contributed by atoms with E-state index in [0.717, 1.165) is 22.6 Å². The van der Waals surface area contributed by atoms with E-state index in [0.29, 0.717) is 0 Å². The molecule has 0 aliphatic rings. The van der Waals surface area contributed by atoms with Crippen LogP contribution in [-0.2, 0) is 0 Å². The molecule has 0 saturated carbocycles. The van der Waals surface area contributed by atoms with Gasteiger partial charge in [-0.25, -0.2) is 0 Å². The van der Waals surface area contributed by atoms with Crippen molar-refractivity contribution in [3.05, 3.63) is 48.0 Å². The minimum atomic E-state index is 0. The standard InChI is InChI=1S/C11H8O.H3P/c12-8-10-6-3-5-9-4-1-2-7-11(9)10;/h1-8H;1H3. The molecule has 1 atom stereocenters. The first-order valence-corrected chi connectivity index (χ1v) is 3.85. The van der Waals surface area contributed by atoms with Crippen LogP contribution in [-0.4, -0.2) is 6.29 Å². The molecule has 0 aliphatic carbocycles. The molecule has 0 heterocycles. The number of carbonyl (C=O) groups excluding carboxylic acids is 1. The van der Waals surface area contributed by atoms with E-state index < -0.39 is 0 Å². The van der Waals surface area contributed by atoms with E-state index in [1.807, 2.05) is 42.5 Å². The molecule has 1 nitrogen and oxygen atoms in total. The summed E-state index contributed by atoms with van der Waals surface area (Å²) in [6.07, 6.45) is 0.891. The number of benzene rings is 2. The van der Waals surface area contributed by atoms with Gasteiger partial charge in [0.05, 0.1) is 0 Å². The maximum atomic E-state index is 10.6. The van der Waals surface area contributed by atoms with Crippen molar-refractivity contribution in [2.75, 3.05) is 0 Å². The minimum absolute atomic E-state index is 0. The molecular formula is C11H11OP. The minimum Gasteiger partial charge on any atom is -0.298 e. The highest BCUT2D eigenvalue weighted by atomic mass is 31.0. The fraction of sp³-hybridized carbons (Fsp3) is 0. The molecule has 0 aliphatic heterocycles. The highest BCUT2D eigenvalue weighted by Gasteiger charge is 1.96. The van der Waals surface area contributed by atoms with E-state index in [-0.39, 0.29) is 9.90 Å². The Morgan fingerprint density at radius 2 is 1.62 bits per heavy atom. The lowest BCUT2D eigenvalue weighted by atomic mass is 10.1. The molecule has 2 heteroatoms. The summed E-state index contributed by atoms with van der Waals surface area (Å²) in [4.78, 5) is 10.6. The number of fused-ring (bicyclic) bond motifs is 1. The molecule has 0 radical (unpaired) electrons. The van der Waals surface area contributed by atoms with Crippen LogP contribution in [0.25, 0.3) is 10.8 Å². The van der Waals surface area contributed by atoms with Crippen LogP contribution >= 0.6 is 9.90 Å². The third-order valence-corrected chi connectivity index (χ3v) is 1.95. The predicted octanol–water partition coefficient (Wildman–Crippen LogP) is 2.71. The van der Waals surface area contributed by atoms with Gasteiger partial charge in [-0.05, 0) is 10.8 Å². The average molecular weight is 190 g/mol. The zero-order valence-corrected chi connectivity index (χ0v) is 8.65. The maximum absolute atomic E-state index is 10.6. The van der Waals surface area contributed by atoms with E-state index in [2.05, 4.69) is 0 Å². The SMILES string of the molecule is O=Cc1cccc2ccccc12.P. The second-order valence-corrected chi connectivity index (χ2v) is 2.69. The van der Waals surface area contributed by atoms with Crippen LogP contribution < -0.4 is 0 Å². The van der Waals surface area contributed by atoms with E-state index in [9.17, 15) is 4.79 Å². The Morgan fingerprint density at radius 1 is 0.923 bits per heavy atom. The number of aldehydes is 1. The van der Waals surface area contributed by atoms with Crippen molar-refractivity contribution in [2.45, 2.75) is 0 Å². The monoisotopic (exact) mass is 190 g/mol. The highest BCUT2D eigenvalue weighted by Crippen LogP contribution is 2.16. The normalized spacial score (nSPS) is 9.23. The smallest absolute Gasteiger partial charge is 0.150 e. The van der Waals surface area contributed by atoms with Gasteiger partial charge >= 0.3 is 0 Å². The third kappa shape index (κ3) is 1.76. The van der Waals surface area contributed by atoms with Crippen molar-refractivity contribution in [3.63, 3.8) is 0 Å². The van der Waals surface area contributed by atoms with Crippen LogP contribution in [0.2, 0.25) is 0 Å². The van der Waals surface area contributed by atoms with Crippen LogP contribution in [0.15, 0.2) is 42.5 Å². The van der Waals surface area contributed by atoms with Crippen molar-refractivity contribution in [3.8, 4) is 0 Å². The summed E-state index contributed by atoms with van der Waals surface area (Å²) < 4.78 is 0. The molecule has 0 fully saturated rings. The van der Waals surface area contributed by atoms with Crippen LogP contribution in [0.1, 0.15) is 10.4 Å². The molecule has 0 bridgehead atoms. The van der Waals surface area contributed by atoms with Gasteiger partial charge in [0.25, 0.3) is 0 Å². The van der Waals surface area contributed by atoms with E-state index >= 15 is 0 Å². The maximum Gasteiger partial charge on any atom is 0.150 e. The Bertz CT molecular complexity index is 418. The summed E-state index contributed by atoms with van der Waals surface area (Å²) in [6.45, 7) is 0. The molecule has 1 unspecified atom stereocenters. The fourth-order valence-electron chi connectivity index (χ4n) is 1.35. The van der Waals surface area contributed by atoms with Crippen LogP contribution in [0.3, 0.4) is 0 Å². The van der Waals surface area contributed by atoms with E-state index in [4.69, 9.17) is 0 Å². The summed E-state index contributed by atoms with van der Waals surface area (Å²) >= 11 is 0. The first kappa shape index (κ1) is 9.88. The number of hydrogen-bond acceptors (Lipinski definition) is 1. The summed E-state index contributed by atoms with van der Waals surface area (Å²) in [5, 5.41) is 2.14. The Labute approximate surface area is 80.4 Å². The molecule has 0 amide bonds. The van der Waals surface area contributed by atoms with Gasteiger partial charge in [-0.3, -0.25) is 4.79 Å². The molecule has 2 aromatic carbocycles. The van der Waals surface area contributed by atoms with E-state index in [1.165, 1.54) is 0 Å². The summed E-state index contributed by atoms with van der Waals surface area (Å²) in [7, 11) is 0. The Hall–Kier alpha value is -1.20. The number of hydrogen-bond donors (Lipinski definition) is 0. The Balaban J connectivity index is 0.000000845. The van der Waals surface area contributed by atoms with Crippen molar-refractivity contribution >= 4 is 27.0 Å². The third-order valence-electron chi connectivity index (χ3n) is 1.95. The van der Waals surface area contributed by atoms with Crippen molar-refractivity contribution < 1.29 is 4.79 Å². The van der Waals surface area contributed by atoms with Gasteiger partial charge in [0.1, 0.15) is 0 Å². The second-order valence-electron chi connectivity index (χ2n) is 2.69. The zero-order valence-electron chi connectivity index (χ0n) is 7.23. The lowest BCUT2D eigenvalue weighted by molar-refractivity contribution is 0.112. The molecule has 0 saturated heterocycles. The first-order chi connectivity index (χ1) is 5.92. The van der Waals surface area contributed by atoms with Gasteiger partial charge in [0.15, 0.2) is 6.29 Å². The molecule has 13 heavy (non-hydrogen) atoms. The van der Waals surface area contributed by atoms with Gasteiger partial charge in [-0.1, -0.05) is 42.5 Å². The highest BCUT2D eigenvalue weighted by molar-refractivity contribution is 6.92.